The van der Waals surface area contributed by atoms with Gasteiger partial charge in [-0.1, -0.05) is 25.1 Å². The summed E-state index contributed by atoms with van der Waals surface area (Å²) in [4.78, 5) is 15.2. The van der Waals surface area contributed by atoms with Gasteiger partial charge in [-0.3, -0.25) is 0 Å². The van der Waals surface area contributed by atoms with Gasteiger partial charge in [0, 0.05) is 62.5 Å². The van der Waals surface area contributed by atoms with Crippen LogP contribution in [0.5, 0.6) is 5.88 Å². The number of hydrogen-bond donors (Lipinski definition) is 0. The van der Waals surface area contributed by atoms with Gasteiger partial charge in [0.2, 0.25) is 5.88 Å². The molecule has 1 aliphatic heterocycles. The van der Waals surface area contributed by atoms with Crippen LogP contribution in [0.15, 0.2) is 40.1 Å². The third kappa shape index (κ3) is 4.52. The van der Waals surface area contributed by atoms with Crippen molar-refractivity contribution >= 4 is 26.9 Å². The summed E-state index contributed by atoms with van der Waals surface area (Å²) in [6.07, 6.45) is 5.59. The maximum Gasteiger partial charge on any atom is 0.324 e. The second-order valence-electron chi connectivity index (χ2n) is 9.34. The van der Waals surface area contributed by atoms with Crippen LogP contribution in [0, 0.1) is 5.82 Å². The summed E-state index contributed by atoms with van der Waals surface area (Å²) in [6, 6.07) is 4.41. The summed E-state index contributed by atoms with van der Waals surface area (Å²) in [5.74, 6) is 0.666. The Morgan fingerprint density at radius 3 is 2.56 bits per heavy atom. The lowest BCUT2D eigenvalue weighted by Crippen LogP contribution is -2.38. The molecule has 0 radical (unpaired) electrons. The molecule has 0 N–H and O–H groups in total. The molecule has 12 heteroatoms. The molecule has 10 nitrogen and oxygen atoms in total. The molecule has 5 rings (SSSR count). The van der Waals surface area contributed by atoms with Gasteiger partial charge < -0.3 is 18.7 Å². The lowest BCUT2D eigenvalue weighted by molar-refractivity contribution is 0.163. The van der Waals surface area contributed by atoms with E-state index in [9.17, 15) is 12.8 Å². The maximum absolute atomic E-state index is 14.9. The summed E-state index contributed by atoms with van der Waals surface area (Å²) in [7, 11) is -1.70. The Bertz CT molecular complexity index is 1520. The first kappa shape index (κ1) is 24.2. The number of fused-ring (bicyclic) bond motifs is 1. The van der Waals surface area contributed by atoms with Crippen LogP contribution in [0.3, 0.4) is 0 Å². The van der Waals surface area contributed by atoms with E-state index in [0.29, 0.717) is 47.4 Å². The van der Waals surface area contributed by atoms with Gasteiger partial charge in [-0.25, -0.2) is 17.8 Å². The number of ether oxygens (including phenoxy) is 1. The number of nitrogens with zero attached hydrogens (tertiary/aromatic N) is 6. The fourth-order valence-corrected chi connectivity index (χ4v) is 4.97. The fraction of sp³-hybridized carbons (Fsp3) is 0.417. The third-order valence-corrected chi connectivity index (χ3v) is 7.43. The smallest absolute Gasteiger partial charge is 0.324 e. The normalized spacial score (nSPS) is 15.2. The van der Waals surface area contributed by atoms with Crippen LogP contribution in [0.2, 0.25) is 0 Å². The molecule has 0 saturated carbocycles. The highest BCUT2D eigenvalue weighted by Gasteiger charge is 2.27. The minimum absolute atomic E-state index is 0.0732. The number of halogens is 1. The topological polar surface area (TPSA) is 116 Å². The Labute approximate surface area is 208 Å². The molecule has 0 unspecified atom stereocenters. The van der Waals surface area contributed by atoms with Crippen molar-refractivity contribution in [3.05, 3.63) is 42.4 Å². The monoisotopic (exact) mass is 514 g/mol. The number of rotatable bonds is 6. The fourth-order valence-electron chi connectivity index (χ4n) is 4.34. The quantitative estimate of drug-likeness (QED) is 0.379. The second-order valence-corrected chi connectivity index (χ2v) is 11.4. The van der Waals surface area contributed by atoms with Crippen molar-refractivity contribution in [3.8, 4) is 17.0 Å². The summed E-state index contributed by atoms with van der Waals surface area (Å²) in [6.45, 7) is 5.44. The first-order valence-corrected chi connectivity index (χ1v) is 13.6. The molecule has 1 aromatic carbocycles. The van der Waals surface area contributed by atoms with Gasteiger partial charge in [0.15, 0.2) is 15.7 Å². The first-order chi connectivity index (χ1) is 17.1. The summed E-state index contributed by atoms with van der Waals surface area (Å²) < 4.78 is 52.0. The Hall–Kier alpha value is -3.54. The van der Waals surface area contributed by atoms with Gasteiger partial charge in [0.1, 0.15) is 29.3 Å². The number of hydrogen-bond acceptors (Lipinski definition) is 9. The van der Waals surface area contributed by atoms with E-state index in [1.807, 2.05) is 20.9 Å². The molecule has 0 aliphatic carbocycles. The highest BCUT2D eigenvalue weighted by Crippen LogP contribution is 2.35. The molecule has 0 bridgehead atoms. The Balaban J connectivity index is 1.37. The van der Waals surface area contributed by atoms with Crippen LogP contribution < -0.4 is 9.64 Å². The van der Waals surface area contributed by atoms with E-state index in [-0.39, 0.29) is 22.5 Å². The van der Waals surface area contributed by atoms with Crippen molar-refractivity contribution in [2.24, 2.45) is 7.05 Å². The van der Waals surface area contributed by atoms with Crippen LogP contribution in [0.4, 0.5) is 10.4 Å². The summed E-state index contributed by atoms with van der Waals surface area (Å²) in [5, 5.41) is 4.04. The van der Waals surface area contributed by atoms with Crippen LogP contribution in [-0.4, -0.2) is 58.5 Å². The predicted molar refractivity (Wildman–Crippen MR) is 131 cm³/mol. The Morgan fingerprint density at radius 1 is 1.17 bits per heavy atom. The van der Waals surface area contributed by atoms with Gasteiger partial charge in [0.25, 0.3) is 0 Å². The molecule has 4 aromatic rings. The number of piperidine rings is 1. The molecule has 0 atom stereocenters. The van der Waals surface area contributed by atoms with E-state index in [0.717, 1.165) is 25.2 Å². The molecule has 4 heterocycles. The van der Waals surface area contributed by atoms with Crippen LogP contribution in [-0.2, 0) is 16.9 Å². The van der Waals surface area contributed by atoms with E-state index in [4.69, 9.17) is 9.26 Å². The van der Waals surface area contributed by atoms with Crippen molar-refractivity contribution in [1.29, 1.82) is 0 Å². The molecule has 1 saturated heterocycles. The van der Waals surface area contributed by atoms with E-state index >= 15 is 0 Å². The number of benzene rings is 1. The molecule has 1 fully saturated rings. The van der Waals surface area contributed by atoms with Crippen molar-refractivity contribution in [2.75, 3.05) is 24.2 Å². The van der Waals surface area contributed by atoms with E-state index < -0.39 is 15.7 Å². The number of anilines is 1. The van der Waals surface area contributed by atoms with E-state index in [1.54, 1.807) is 10.8 Å². The van der Waals surface area contributed by atoms with Gasteiger partial charge in [0.05, 0.1) is 4.90 Å². The van der Waals surface area contributed by atoms with Crippen LogP contribution in [0.25, 0.3) is 22.2 Å². The van der Waals surface area contributed by atoms with E-state index in [2.05, 4.69) is 25.0 Å². The minimum Gasteiger partial charge on any atom is -0.473 e. The largest absolute Gasteiger partial charge is 0.473 e. The van der Waals surface area contributed by atoms with Crippen LogP contribution in [0.1, 0.15) is 38.4 Å². The average Bonchev–Trinajstić information content (AvgIpc) is 3.45. The molecule has 0 spiro atoms. The highest BCUT2D eigenvalue weighted by atomic mass is 32.2. The Kier molecular flexibility index (Phi) is 6.15. The molecular weight excluding hydrogens is 487 g/mol. The summed E-state index contributed by atoms with van der Waals surface area (Å²) in [5.41, 5.74) is 1.95. The van der Waals surface area contributed by atoms with Crippen molar-refractivity contribution in [2.45, 2.75) is 43.6 Å². The minimum atomic E-state index is -3.52. The van der Waals surface area contributed by atoms with Crippen molar-refractivity contribution in [1.82, 2.24) is 24.7 Å². The number of aromatic nitrogens is 5. The average molecular weight is 515 g/mol. The predicted octanol–water partition coefficient (Wildman–Crippen LogP) is 3.73. The van der Waals surface area contributed by atoms with Crippen LogP contribution >= 0.6 is 0 Å². The van der Waals surface area contributed by atoms with Gasteiger partial charge in [-0.05, 0) is 12.1 Å². The van der Waals surface area contributed by atoms with Gasteiger partial charge in [-0.2, -0.15) is 9.97 Å². The first-order valence-electron chi connectivity index (χ1n) is 11.7. The lowest BCUT2D eigenvalue weighted by Gasteiger charge is -2.30. The molecule has 190 valence electrons. The molecule has 1 aliphatic rings. The van der Waals surface area contributed by atoms with E-state index in [1.165, 1.54) is 18.5 Å². The molecule has 36 heavy (non-hydrogen) atoms. The summed E-state index contributed by atoms with van der Waals surface area (Å²) >= 11 is 0. The zero-order valence-corrected chi connectivity index (χ0v) is 21.3. The number of aryl methyl sites for hydroxylation is 1. The van der Waals surface area contributed by atoms with Crippen molar-refractivity contribution < 1.29 is 22.1 Å². The molecule has 3 aromatic heterocycles. The standard InChI is InChI=1S/C24H27FN6O4S/c1-14(2)22-28-24(35-29-22)31-9-7-15(8-10-31)34-23-21-20(26-13-27-23)18(12-30(21)3)17-6-5-16(11-19(17)25)36(4,32)33/h5-6,11-15H,7-10H2,1-4H3. The highest BCUT2D eigenvalue weighted by molar-refractivity contribution is 7.90. The van der Waals surface area contributed by atoms with Crippen molar-refractivity contribution in [3.63, 3.8) is 0 Å². The van der Waals surface area contributed by atoms with Gasteiger partial charge in [-0.15, -0.1) is 0 Å². The zero-order chi connectivity index (χ0) is 25.6. The zero-order valence-electron chi connectivity index (χ0n) is 20.5. The maximum atomic E-state index is 14.9. The molecule has 0 amide bonds. The Morgan fingerprint density at radius 2 is 1.92 bits per heavy atom. The molecular formula is C24H27FN6O4S. The number of sulfone groups is 1. The lowest BCUT2D eigenvalue weighted by atomic mass is 10.1. The van der Waals surface area contributed by atoms with Gasteiger partial charge >= 0.3 is 6.01 Å². The second kappa shape index (κ2) is 9.16. The third-order valence-electron chi connectivity index (χ3n) is 6.32. The SMILES string of the molecule is CC(C)c1noc(N2CCC(Oc3ncnc4c(-c5ccc(S(C)(=O)=O)cc5F)cn(C)c34)CC2)n1.